The first-order valence-corrected chi connectivity index (χ1v) is 9.26. The normalized spacial score (nSPS) is 14.5. The highest BCUT2D eigenvalue weighted by atomic mass is 32.1. The molecule has 1 aliphatic heterocycles. The van der Waals surface area contributed by atoms with Gasteiger partial charge in [0.05, 0.1) is 0 Å². The quantitative estimate of drug-likeness (QED) is 0.806. The summed E-state index contributed by atoms with van der Waals surface area (Å²) >= 11 is 1.32. The first kappa shape index (κ1) is 17.4. The summed E-state index contributed by atoms with van der Waals surface area (Å²) in [6.45, 7) is 3.40. The van der Waals surface area contributed by atoms with Crippen LogP contribution in [0.15, 0.2) is 30.3 Å². The van der Waals surface area contributed by atoms with Gasteiger partial charge in [-0.05, 0) is 12.0 Å². The third-order valence-electron chi connectivity index (χ3n) is 4.13. The molecular weight excluding hydrogens is 336 g/mol. The summed E-state index contributed by atoms with van der Waals surface area (Å²) in [4.78, 5) is 33.5. The van der Waals surface area contributed by atoms with Crippen molar-refractivity contribution in [1.29, 1.82) is 0 Å². The van der Waals surface area contributed by atoms with Gasteiger partial charge in [0, 0.05) is 20.1 Å². The number of carbonyl (C=O) groups excluding carboxylic acids is 2. The molecule has 2 amide bonds. The molecule has 2 heterocycles. The van der Waals surface area contributed by atoms with Crippen LogP contribution in [0.5, 0.6) is 0 Å². The number of benzene rings is 1. The maximum atomic E-state index is 13.0. The standard InChI is InChI=1S/C18H22N4O2S/c1-3-4-10-19-18-20-16-15(25-18)17(24)22(12-14(23)21(16)2)11-13-8-6-5-7-9-13/h5-9H,3-4,10-12H2,1-2H3,(H,19,20). The Labute approximate surface area is 151 Å². The van der Waals surface area contributed by atoms with Crippen LogP contribution in [-0.4, -0.2) is 41.8 Å². The maximum absolute atomic E-state index is 13.0. The molecule has 0 radical (unpaired) electrons. The van der Waals surface area contributed by atoms with Crippen molar-refractivity contribution < 1.29 is 9.59 Å². The van der Waals surface area contributed by atoms with Gasteiger partial charge in [0.1, 0.15) is 11.4 Å². The van der Waals surface area contributed by atoms with E-state index in [1.807, 2.05) is 30.3 Å². The lowest BCUT2D eigenvalue weighted by Gasteiger charge is -2.20. The highest BCUT2D eigenvalue weighted by Crippen LogP contribution is 2.33. The van der Waals surface area contributed by atoms with Crippen molar-refractivity contribution in [3.8, 4) is 0 Å². The fraction of sp³-hybridized carbons (Fsp3) is 0.389. The average Bonchev–Trinajstić information content (AvgIpc) is 3.02. The summed E-state index contributed by atoms with van der Waals surface area (Å²) in [7, 11) is 1.68. The van der Waals surface area contributed by atoms with Crippen molar-refractivity contribution in [2.75, 3.05) is 30.4 Å². The Morgan fingerprint density at radius 1 is 1.24 bits per heavy atom. The third-order valence-corrected chi connectivity index (χ3v) is 5.12. The number of aromatic nitrogens is 1. The predicted octanol–water partition coefficient (Wildman–Crippen LogP) is 2.97. The number of nitrogens with one attached hydrogen (secondary N) is 1. The Kier molecular flexibility index (Phi) is 5.33. The first-order valence-electron chi connectivity index (χ1n) is 8.44. The summed E-state index contributed by atoms with van der Waals surface area (Å²) in [5.41, 5.74) is 1.00. The highest BCUT2D eigenvalue weighted by molar-refractivity contribution is 7.18. The number of thiazole rings is 1. The van der Waals surface area contributed by atoms with Crippen LogP contribution in [0.3, 0.4) is 0 Å². The van der Waals surface area contributed by atoms with Crippen LogP contribution < -0.4 is 10.2 Å². The molecule has 132 valence electrons. The molecule has 0 unspecified atom stereocenters. The lowest BCUT2D eigenvalue weighted by Crippen LogP contribution is -2.37. The summed E-state index contributed by atoms with van der Waals surface area (Å²) < 4.78 is 0. The van der Waals surface area contributed by atoms with Gasteiger partial charge in [-0.3, -0.25) is 14.5 Å². The van der Waals surface area contributed by atoms with E-state index < -0.39 is 0 Å². The molecule has 0 saturated carbocycles. The van der Waals surface area contributed by atoms with Crippen LogP contribution in [-0.2, 0) is 11.3 Å². The fourth-order valence-electron chi connectivity index (χ4n) is 2.66. The molecule has 7 heteroatoms. The van der Waals surface area contributed by atoms with Gasteiger partial charge in [0.15, 0.2) is 10.9 Å². The molecule has 1 N–H and O–H groups in total. The Balaban J connectivity index is 1.86. The predicted molar refractivity (Wildman–Crippen MR) is 100 cm³/mol. The minimum atomic E-state index is -0.141. The maximum Gasteiger partial charge on any atom is 0.268 e. The van der Waals surface area contributed by atoms with Crippen LogP contribution in [0, 0.1) is 0 Å². The van der Waals surface area contributed by atoms with E-state index >= 15 is 0 Å². The van der Waals surface area contributed by atoms with E-state index in [-0.39, 0.29) is 18.4 Å². The number of hydrogen-bond acceptors (Lipinski definition) is 5. The average molecular weight is 358 g/mol. The van der Waals surface area contributed by atoms with Crippen LogP contribution >= 0.6 is 11.3 Å². The van der Waals surface area contributed by atoms with E-state index in [9.17, 15) is 9.59 Å². The number of nitrogens with zero attached hydrogens (tertiary/aromatic N) is 3. The lowest BCUT2D eigenvalue weighted by molar-refractivity contribution is -0.119. The van der Waals surface area contributed by atoms with E-state index in [1.54, 1.807) is 11.9 Å². The fourth-order valence-corrected chi connectivity index (χ4v) is 3.65. The van der Waals surface area contributed by atoms with Crippen LogP contribution in [0.25, 0.3) is 0 Å². The molecule has 0 aliphatic carbocycles. The van der Waals surface area contributed by atoms with E-state index in [1.165, 1.54) is 16.2 Å². The largest absolute Gasteiger partial charge is 0.361 e. The van der Waals surface area contributed by atoms with Crippen LogP contribution in [0.4, 0.5) is 10.9 Å². The zero-order chi connectivity index (χ0) is 17.8. The number of rotatable bonds is 6. The van der Waals surface area contributed by atoms with Crippen LogP contribution in [0.1, 0.15) is 35.0 Å². The minimum absolute atomic E-state index is 0.0614. The second-order valence-electron chi connectivity index (χ2n) is 6.05. The lowest BCUT2D eigenvalue weighted by atomic mass is 10.2. The van der Waals surface area contributed by atoms with Gasteiger partial charge in [-0.25, -0.2) is 4.98 Å². The van der Waals surface area contributed by atoms with Crippen LogP contribution in [0.2, 0.25) is 0 Å². The number of carbonyl (C=O) groups is 2. The Morgan fingerprint density at radius 2 is 2.00 bits per heavy atom. The smallest absolute Gasteiger partial charge is 0.268 e. The Hall–Kier alpha value is -2.41. The first-order chi connectivity index (χ1) is 12.1. The monoisotopic (exact) mass is 358 g/mol. The molecule has 0 saturated heterocycles. The molecule has 6 nitrogen and oxygen atoms in total. The van der Waals surface area contributed by atoms with Gasteiger partial charge >= 0.3 is 0 Å². The van der Waals surface area contributed by atoms with Crippen molar-refractivity contribution in [2.45, 2.75) is 26.3 Å². The minimum Gasteiger partial charge on any atom is -0.361 e. The van der Waals surface area contributed by atoms with Crippen molar-refractivity contribution in [3.05, 3.63) is 40.8 Å². The number of fused-ring (bicyclic) bond motifs is 1. The third kappa shape index (κ3) is 3.82. The molecule has 3 rings (SSSR count). The Morgan fingerprint density at radius 3 is 2.72 bits per heavy atom. The zero-order valence-electron chi connectivity index (χ0n) is 14.5. The number of unbranched alkanes of at least 4 members (excludes halogenated alkanes) is 1. The van der Waals surface area contributed by atoms with Gasteiger partial charge in [-0.1, -0.05) is 55.0 Å². The van der Waals surface area contributed by atoms with E-state index in [0.717, 1.165) is 24.9 Å². The molecule has 0 spiro atoms. The molecule has 1 aromatic heterocycles. The van der Waals surface area contributed by atoms with Gasteiger partial charge < -0.3 is 10.2 Å². The summed E-state index contributed by atoms with van der Waals surface area (Å²) in [6.07, 6.45) is 2.12. The van der Waals surface area contributed by atoms with Gasteiger partial charge in [-0.2, -0.15) is 0 Å². The Bertz CT molecular complexity index is 760. The van der Waals surface area contributed by atoms with Gasteiger partial charge in [0.2, 0.25) is 5.91 Å². The van der Waals surface area contributed by atoms with Gasteiger partial charge in [-0.15, -0.1) is 0 Å². The molecule has 2 aromatic rings. The van der Waals surface area contributed by atoms with Crippen molar-refractivity contribution in [1.82, 2.24) is 9.88 Å². The summed E-state index contributed by atoms with van der Waals surface area (Å²) in [6, 6.07) is 9.70. The van der Waals surface area contributed by atoms with E-state index in [4.69, 9.17) is 0 Å². The summed E-state index contributed by atoms with van der Waals surface area (Å²) in [5.74, 6) is 0.181. The summed E-state index contributed by atoms with van der Waals surface area (Å²) in [5, 5.41) is 3.93. The zero-order valence-corrected chi connectivity index (χ0v) is 15.3. The molecule has 0 bridgehead atoms. The molecule has 0 atom stereocenters. The van der Waals surface area contributed by atoms with Crippen molar-refractivity contribution >= 4 is 34.1 Å². The second kappa shape index (κ2) is 7.65. The van der Waals surface area contributed by atoms with E-state index in [2.05, 4.69) is 17.2 Å². The molecule has 1 aromatic carbocycles. The second-order valence-corrected chi connectivity index (χ2v) is 7.05. The molecule has 25 heavy (non-hydrogen) atoms. The number of amides is 2. The molecular formula is C18H22N4O2S. The number of likely N-dealkylation sites (N-methyl/N-ethyl adjacent to an activating group) is 1. The topological polar surface area (TPSA) is 65.5 Å². The SMILES string of the molecule is CCCCNc1nc2c(s1)C(=O)N(Cc1ccccc1)CC(=O)N2C. The van der Waals surface area contributed by atoms with Crippen molar-refractivity contribution in [2.24, 2.45) is 0 Å². The number of anilines is 2. The molecule has 0 fully saturated rings. The molecule has 1 aliphatic rings. The van der Waals surface area contributed by atoms with E-state index in [0.29, 0.717) is 22.4 Å². The van der Waals surface area contributed by atoms with Crippen molar-refractivity contribution in [3.63, 3.8) is 0 Å². The highest BCUT2D eigenvalue weighted by Gasteiger charge is 2.33. The van der Waals surface area contributed by atoms with Gasteiger partial charge in [0.25, 0.3) is 5.91 Å². The number of hydrogen-bond donors (Lipinski definition) is 1.